The summed E-state index contributed by atoms with van der Waals surface area (Å²) in [7, 11) is 0. The first-order valence-corrected chi connectivity index (χ1v) is 5.66. The number of carboxylic acids is 1. The van der Waals surface area contributed by atoms with Crippen LogP contribution in [-0.4, -0.2) is 29.6 Å². The average Bonchev–Trinajstić information content (AvgIpc) is 2.26. The first-order chi connectivity index (χ1) is 7.40. The van der Waals surface area contributed by atoms with E-state index < -0.39 is 17.9 Å². The molecule has 0 aliphatic carbocycles. The highest BCUT2D eigenvalue weighted by atomic mass is 16.4. The van der Waals surface area contributed by atoms with E-state index in [-0.39, 0.29) is 11.8 Å². The van der Waals surface area contributed by atoms with E-state index in [9.17, 15) is 9.59 Å². The molecule has 0 saturated heterocycles. The molecular formula is C11H22N2O3. The number of nitrogens with one attached hydrogen (secondary N) is 1. The number of hydrogen-bond acceptors (Lipinski definition) is 3. The van der Waals surface area contributed by atoms with Crippen molar-refractivity contribution in [1.82, 2.24) is 5.32 Å². The molecular weight excluding hydrogens is 208 g/mol. The summed E-state index contributed by atoms with van der Waals surface area (Å²) < 4.78 is 0. The summed E-state index contributed by atoms with van der Waals surface area (Å²) in [5, 5.41) is 11.3. The fourth-order valence-electron chi connectivity index (χ4n) is 1.17. The summed E-state index contributed by atoms with van der Waals surface area (Å²) in [5.41, 5.74) is 5.72. The Morgan fingerprint density at radius 2 is 1.94 bits per heavy atom. The number of hydrogen-bond donors (Lipinski definition) is 3. The number of aliphatic carboxylic acids is 1. The second-order valence-electron chi connectivity index (χ2n) is 4.23. The topological polar surface area (TPSA) is 92.4 Å². The van der Waals surface area contributed by atoms with Crippen molar-refractivity contribution < 1.29 is 14.7 Å². The van der Waals surface area contributed by atoms with Crippen LogP contribution in [0.2, 0.25) is 0 Å². The second-order valence-corrected chi connectivity index (χ2v) is 4.23. The Bertz CT molecular complexity index is 243. The van der Waals surface area contributed by atoms with Crippen molar-refractivity contribution in [2.24, 2.45) is 17.6 Å². The van der Waals surface area contributed by atoms with Gasteiger partial charge in [-0.25, -0.2) is 0 Å². The maximum atomic E-state index is 11.5. The summed E-state index contributed by atoms with van der Waals surface area (Å²) in [4.78, 5) is 22.0. The van der Waals surface area contributed by atoms with E-state index in [0.717, 1.165) is 6.42 Å². The van der Waals surface area contributed by atoms with Gasteiger partial charge >= 0.3 is 5.97 Å². The lowest BCUT2D eigenvalue weighted by Gasteiger charge is -2.18. The highest BCUT2D eigenvalue weighted by Gasteiger charge is 2.19. The zero-order chi connectivity index (χ0) is 12.7. The predicted octanol–water partition coefficient (Wildman–Crippen LogP) is 0.587. The maximum Gasteiger partial charge on any atom is 0.306 e. The van der Waals surface area contributed by atoms with E-state index in [2.05, 4.69) is 5.32 Å². The Morgan fingerprint density at radius 1 is 1.38 bits per heavy atom. The van der Waals surface area contributed by atoms with Gasteiger partial charge in [0.2, 0.25) is 5.91 Å². The van der Waals surface area contributed by atoms with Crippen LogP contribution in [0.4, 0.5) is 0 Å². The third-order valence-electron chi connectivity index (χ3n) is 2.86. The molecule has 0 bridgehead atoms. The Kier molecular flexibility index (Phi) is 6.72. The van der Waals surface area contributed by atoms with Gasteiger partial charge in [-0.05, 0) is 12.3 Å². The molecule has 0 spiro atoms. The molecule has 1 unspecified atom stereocenters. The minimum atomic E-state index is -0.847. The molecule has 3 atom stereocenters. The molecule has 4 N–H and O–H groups in total. The van der Waals surface area contributed by atoms with Gasteiger partial charge in [-0.1, -0.05) is 27.2 Å². The van der Waals surface area contributed by atoms with Crippen LogP contribution in [0.15, 0.2) is 0 Å². The number of carbonyl (C=O) groups is 2. The van der Waals surface area contributed by atoms with Crippen LogP contribution < -0.4 is 11.1 Å². The largest absolute Gasteiger partial charge is 0.481 e. The van der Waals surface area contributed by atoms with Crippen molar-refractivity contribution in [3.05, 3.63) is 0 Å². The van der Waals surface area contributed by atoms with Gasteiger partial charge in [0.05, 0.1) is 12.0 Å². The van der Waals surface area contributed by atoms with Crippen molar-refractivity contribution in [3.8, 4) is 0 Å². The fraction of sp³-hybridized carbons (Fsp3) is 0.818. The minimum Gasteiger partial charge on any atom is -0.481 e. The molecule has 0 fully saturated rings. The first kappa shape index (κ1) is 14.9. The SMILES string of the molecule is CC[C@H](C)[C@H](N)C(=O)NCCC(C)C(=O)O. The first-order valence-electron chi connectivity index (χ1n) is 5.66. The lowest BCUT2D eigenvalue weighted by Crippen LogP contribution is -2.45. The molecule has 0 radical (unpaired) electrons. The minimum absolute atomic E-state index is 0.136. The molecule has 0 aromatic heterocycles. The van der Waals surface area contributed by atoms with Crippen molar-refractivity contribution in [1.29, 1.82) is 0 Å². The highest BCUT2D eigenvalue weighted by Crippen LogP contribution is 2.05. The van der Waals surface area contributed by atoms with Crippen LogP contribution in [-0.2, 0) is 9.59 Å². The summed E-state index contributed by atoms with van der Waals surface area (Å²) in [6.45, 7) is 5.87. The van der Waals surface area contributed by atoms with Crippen molar-refractivity contribution in [3.63, 3.8) is 0 Å². The molecule has 16 heavy (non-hydrogen) atoms. The quantitative estimate of drug-likeness (QED) is 0.596. The number of amides is 1. The van der Waals surface area contributed by atoms with Crippen LogP contribution in [0.5, 0.6) is 0 Å². The van der Waals surface area contributed by atoms with E-state index in [1.807, 2.05) is 13.8 Å². The van der Waals surface area contributed by atoms with E-state index in [4.69, 9.17) is 10.8 Å². The molecule has 0 aliphatic heterocycles. The summed E-state index contributed by atoms with van der Waals surface area (Å²) in [6, 6.07) is -0.509. The lowest BCUT2D eigenvalue weighted by molar-refractivity contribution is -0.141. The van der Waals surface area contributed by atoms with E-state index in [1.165, 1.54) is 0 Å². The van der Waals surface area contributed by atoms with E-state index in [1.54, 1.807) is 6.92 Å². The van der Waals surface area contributed by atoms with Crippen LogP contribution in [0.3, 0.4) is 0 Å². The van der Waals surface area contributed by atoms with Gasteiger partial charge in [0.1, 0.15) is 0 Å². The van der Waals surface area contributed by atoms with Crippen molar-refractivity contribution in [2.75, 3.05) is 6.54 Å². The molecule has 1 amide bonds. The van der Waals surface area contributed by atoms with Gasteiger partial charge in [0.15, 0.2) is 0 Å². The number of nitrogens with two attached hydrogens (primary N) is 1. The van der Waals surface area contributed by atoms with Gasteiger partial charge < -0.3 is 16.2 Å². The Morgan fingerprint density at radius 3 is 2.38 bits per heavy atom. The van der Waals surface area contributed by atoms with Gasteiger partial charge in [-0.3, -0.25) is 9.59 Å². The zero-order valence-corrected chi connectivity index (χ0v) is 10.2. The van der Waals surface area contributed by atoms with Gasteiger partial charge in [-0.2, -0.15) is 0 Å². The van der Waals surface area contributed by atoms with Gasteiger partial charge in [-0.15, -0.1) is 0 Å². The van der Waals surface area contributed by atoms with Gasteiger partial charge in [0.25, 0.3) is 0 Å². The number of rotatable bonds is 7. The monoisotopic (exact) mass is 230 g/mol. The molecule has 0 aromatic rings. The summed E-state index contributed by atoms with van der Waals surface area (Å²) in [6.07, 6.45) is 1.27. The standard InChI is InChI=1S/C11H22N2O3/c1-4-7(2)9(12)10(14)13-6-5-8(3)11(15)16/h7-9H,4-6,12H2,1-3H3,(H,13,14)(H,15,16)/t7-,8?,9-/m0/s1. The molecule has 0 aliphatic rings. The Labute approximate surface area is 96.4 Å². The molecule has 0 aromatic carbocycles. The van der Waals surface area contributed by atoms with E-state index in [0.29, 0.717) is 13.0 Å². The molecule has 0 heterocycles. The van der Waals surface area contributed by atoms with Crippen LogP contribution in [0.25, 0.3) is 0 Å². The zero-order valence-electron chi connectivity index (χ0n) is 10.2. The Hall–Kier alpha value is -1.10. The normalized spacial score (nSPS) is 16.2. The third-order valence-corrected chi connectivity index (χ3v) is 2.86. The smallest absolute Gasteiger partial charge is 0.306 e. The fourth-order valence-corrected chi connectivity index (χ4v) is 1.17. The summed E-state index contributed by atoms with van der Waals surface area (Å²) >= 11 is 0. The van der Waals surface area contributed by atoms with Gasteiger partial charge in [0, 0.05) is 6.54 Å². The van der Waals surface area contributed by atoms with Crippen LogP contribution >= 0.6 is 0 Å². The molecule has 0 saturated carbocycles. The third kappa shape index (κ3) is 5.11. The van der Waals surface area contributed by atoms with E-state index >= 15 is 0 Å². The Balaban J connectivity index is 3.85. The van der Waals surface area contributed by atoms with Crippen LogP contribution in [0, 0.1) is 11.8 Å². The van der Waals surface area contributed by atoms with Crippen molar-refractivity contribution in [2.45, 2.75) is 39.7 Å². The molecule has 5 nitrogen and oxygen atoms in total. The van der Waals surface area contributed by atoms with Crippen LogP contribution in [0.1, 0.15) is 33.6 Å². The predicted molar refractivity (Wildman–Crippen MR) is 61.9 cm³/mol. The number of carbonyl (C=O) groups excluding carboxylic acids is 1. The molecule has 0 rings (SSSR count). The summed E-state index contributed by atoms with van der Waals surface area (Å²) in [5.74, 6) is -1.36. The molecule has 94 valence electrons. The highest BCUT2D eigenvalue weighted by molar-refractivity contribution is 5.81. The maximum absolute atomic E-state index is 11.5. The molecule has 5 heteroatoms. The average molecular weight is 230 g/mol. The van der Waals surface area contributed by atoms with Crippen molar-refractivity contribution >= 4 is 11.9 Å². The lowest BCUT2D eigenvalue weighted by atomic mass is 9.99. The number of carboxylic acid groups (broad SMARTS) is 1. The second kappa shape index (κ2) is 7.22.